The van der Waals surface area contributed by atoms with Gasteiger partial charge in [0.2, 0.25) is 0 Å². The van der Waals surface area contributed by atoms with Crippen LogP contribution in [0.15, 0.2) is 12.2 Å². The molecule has 0 unspecified atom stereocenters. The van der Waals surface area contributed by atoms with Gasteiger partial charge in [-0.15, -0.1) is 11.6 Å². The van der Waals surface area contributed by atoms with Gasteiger partial charge in [0.15, 0.2) is 0 Å². The molecule has 0 fully saturated rings. The highest BCUT2D eigenvalue weighted by Crippen LogP contribution is 1.87. The minimum Gasteiger partial charge on any atom is -0.463 e. The Bertz CT molecular complexity index is 121. The van der Waals surface area contributed by atoms with Gasteiger partial charge in [0.1, 0.15) is 0 Å². The maximum Gasteiger partial charge on any atom is 0.330 e. The summed E-state index contributed by atoms with van der Waals surface area (Å²) in [6, 6.07) is 0. The maximum absolute atomic E-state index is 10.6. The van der Waals surface area contributed by atoms with E-state index >= 15 is 0 Å². The van der Waals surface area contributed by atoms with Gasteiger partial charge in [-0.3, -0.25) is 0 Å². The fourth-order valence-electron chi connectivity index (χ4n) is 0.433. The van der Waals surface area contributed by atoms with Crippen molar-refractivity contribution in [2.75, 3.05) is 12.5 Å². The highest BCUT2D eigenvalue weighted by molar-refractivity contribution is 6.17. The molecule has 0 aliphatic heterocycles. The summed E-state index contributed by atoms with van der Waals surface area (Å²) in [6.07, 6.45) is 3.80. The Morgan fingerprint density at radius 2 is 2.40 bits per heavy atom. The van der Waals surface area contributed by atoms with E-state index in [2.05, 4.69) is 4.74 Å². The Hall–Kier alpha value is -0.500. The summed E-state index contributed by atoms with van der Waals surface area (Å²) < 4.78 is 4.62. The number of rotatable bonds is 4. The van der Waals surface area contributed by atoms with Crippen molar-refractivity contribution < 1.29 is 9.53 Å². The third-order valence-electron chi connectivity index (χ3n) is 0.816. The molecule has 0 bridgehead atoms. The maximum atomic E-state index is 10.6. The summed E-state index contributed by atoms with van der Waals surface area (Å²) in [5.41, 5.74) is 0. The second-order valence-electron chi connectivity index (χ2n) is 1.63. The molecule has 3 heteroatoms. The van der Waals surface area contributed by atoms with E-state index in [0.29, 0.717) is 18.9 Å². The van der Waals surface area contributed by atoms with Gasteiger partial charge >= 0.3 is 5.97 Å². The Labute approximate surface area is 65.8 Å². The zero-order valence-corrected chi connectivity index (χ0v) is 6.73. The Morgan fingerprint density at radius 3 is 2.90 bits per heavy atom. The molecule has 0 aliphatic carbocycles. The van der Waals surface area contributed by atoms with Gasteiger partial charge < -0.3 is 4.74 Å². The number of esters is 1. The molecule has 0 saturated heterocycles. The Balaban J connectivity index is 3.36. The Morgan fingerprint density at radius 1 is 1.70 bits per heavy atom. The first-order chi connectivity index (χ1) is 4.81. The molecule has 0 aromatic heterocycles. The molecule has 0 saturated carbocycles. The van der Waals surface area contributed by atoms with Crippen LogP contribution in [-0.2, 0) is 9.53 Å². The Kier molecular flexibility index (Phi) is 6.29. The molecule has 2 nitrogen and oxygen atoms in total. The quantitative estimate of drug-likeness (QED) is 0.358. The number of carbonyl (C=O) groups excluding carboxylic acids is 1. The van der Waals surface area contributed by atoms with Gasteiger partial charge in [0.25, 0.3) is 0 Å². The molecule has 0 radical (unpaired) electrons. The van der Waals surface area contributed by atoms with E-state index < -0.39 is 0 Å². The van der Waals surface area contributed by atoms with E-state index in [1.54, 1.807) is 13.0 Å². The van der Waals surface area contributed by atoms with Gasteiger partial charge in [-0.25, -0.2) is 4.79 Å². The smallest absolute Gasteiger partial charge is 0.330 e. The van der Waals surface area contributed by atoms with Crippen molar-refractivity contribution in [1.82, 2.24) is 0 Å². The second-order valence-corrected chi connectivity index (χ2v) is 2.01. The van der Waals surface area contributed by atoms with Crippen LogP contribution < -0.4 is 0 Å². The predicted octanol–water partition coefficient (Wildman–Crippen LogP) is 1.73. The first-order valence-electron chi connectivity index (χ1n) is 3.20. The van der Waals surface area contributed by atoms with Crippen molar-refractivity contribution in [3.8, 4) is 0 Å². The lowest BCUT2D eigenvalue weighted by Crippen LogP contribution is -1.98. The molecule has 58 valence electrons. The number of hydrogen-bond donors (Lipinski definition) is 0. The lowest BCUT2D eigenvalue weighted by atomic mass is 10.4. The molecular formula is C7H11ClO2. The topological polar surface area (TPSA) is 26.3 Å². The average molecular weight is 163 g/mol. The molecule has 0 aliphatic rings. The first kappa shape index (κ1) is 9.50. The highest BCUT2D eigenvalue weighted by atomic mass is 35.5. The number of carbonyl (C=O) groups is 1. The highest BCUT2D eigenvalue weighted by Gasteiger charge is 1.90. The van der Waals surface area contributed by atoms with Crippen LogP contribution in [0.4, 0.5) is 0 Å². The van der Waals surface area contributed by atoms with Crippen molar-refractivity contribution >= 4 is 17.6 Å². The van der Waals surface area contributed by atoms with E-state index in [4.69, 9.17) is 11.6 Å². The first-order valence-corrected chi connectivity index (χ1v) is 3.74. The molecule has 0 heterocycles. The minimum absolute atomic E-state index is 0.299. The van der Waals surface area contributed by atoms with E-state index in [1.165, 1.54) is 6.08 Å². The normalized spacial score (nSPS) is 10.2. The van der Waals surface area contributed by atoms with E-state index in [-0.39, 0.29) is 5.97 Å². The summed E-state index contributed by atoms with van der Waals surface area (Å²) in [5.74, 6) is 0.239. The van der Waals surface area contributed by atoms with Gasteiger partial charge in [-0.05, 0) is 13.3 Å². The molecule has 10 heavy (non-hydrogen) atoms. The van der Waals surface area contributed by atoms with Gasteiger partial charge in [-0.1, -0.05) is 6.08 Å². The zero-order valence-electron chi connectivity index (χ0n) is 5.97. The number of alkyl halides is 1. The number of hydrogen-bond acceptors (Lipinski definition) is 2. The van der Waals surface area contributed by atoms with Crippen molar-refractivity contribution in [2.24, 2.45) is 0 Å². The van der Waals surface area contributed by atoms with Crippen LogP contribution in [0.2, 0.25) is 0 Å². The molecule has 0 amide bonds. The van der Waals surface area contributed by atoms with Crippen molar-refractivity contribution in [2.45, 2.75) is 13.3 Å². The zero-order chi connectivity index (χ0) is 7.82. The molecule has 0 spiro atoms. The summed E-state index contributed by atoms with van der Waals surface area (Å²) in [7, 11) is 0. The van der Waals surface area contributed by atoms with Gasteiger partial charge in [0.05, 0.1) is 6.61 Å². The summed E-state index contributed by atoms with van der Waals surface area (Å²) in [6.45, 7) is 2.19. The van der Waals surface area contributed by atoms with Crippen LogP contribution in [0.25, 0.3) is 0 Å². The number of halogens is 1. The van der Waals surface area contributed by atoms with Crippen LogP contribution in [0, 0.1) is 0 Å². The van der Waals surface area contributed by atoms with Crippen molar-refractivity contribution in [3.63, 3.8) is 0 Å². The SMILES string of the molecule is CCOC(=O)/C=C/CCCl. The molecule has 0 rings (SSSR count). The van der Waals surface area contributed by atoms with E-state index in [9.17, 15) is 4.79 Å². The lowest BCUT2D eigenvalue weighted by Gasteiger charge is -1.92. The summed E-state index contributed by atoms with van der Waals surface area (Å²) >= 11 is 5.36. The van der Waals surface area contributed by atoms with E-state index in [1.807, 2.05) is 0 Å². The molecule has 0 N–H and O–H groups in total. The average Bonchev–Trinajstić information content (AvgIpc) is 1.89. The number of allylic oxidation sites excluding steroid dienone is 1. The third-order valence-corrected chi connectivity index (χ3v) is 1.03. The van der Waals surface area contributed by atoms with Gasteiger partial charge in [0, 0.05) is 12.0 Å². The third kappa shape index (κ3) is 5.63. The molecular weight excluding hydrogens is 152 g/mol. The summed E-state index contributed by atoms with van der Waals surface area (Å²) in [5, 5.41) is 0. The fourth-order valence-corrected chi connectivity index (χ4v) is 0.559. The molecule has 0 atom stereocenters. The van der Waals surface area contributed by atoms with Crippen LogP contribution in [0.3, 0.4) is 0 Å². The monoisotopic (exact) mass is 162 g/mol. The van der Waals surface area contributed by atoms with E-state index in [0.717, 1.165) is 0 Å². The predicted molar refractivity (Wildman–Crippen MR) is 41.1 cm³/mol. The second kappa shape index (κ2) is 6.62. The van der Waals surface area contributed by atoms with Crippen molar-refractivity contribution in [1.29, 1.82) is 0 Å². The van der Waals surface area contributed by atoms with Crippen molar-refractivity contribution in [3.05, 3.63) is 12.2 Å². The molecule has 0 aromatic carbocycles. The lowest BCUT2D eigenvalue weighted by molar-refractivity contribution is -0.137. The molecule has 0 aromatic rings. The van der Waals surface area contributed by atoms with Crippen LogP contribution >= 0.6 is 11.6 Å². The largest absolute Gasteiger partial charge is 0.463 e. The van der Waals surface area contributed by atoms with Crippen LogP contribution in [0.1, 0.15) is 13.3 Å². The van der Waals surface area contributed by atoms with Crippen LogP contribution in [-0.4, -0.2) is 18.5 Å². The minimum atomic E-state index is -0.299. The standard InChI is InChI=1S/C7H11ClO2/c1-2-10-7(9)5-3-4-6-8/h3,5H,2,4,6H2,1H3/b5-3+. The number of ether oxygens (including phenoxy) is 1. The fraction of sp³-hybridized carbons (Fsp3) is 0.571. The van der Waals surface area contributed by atoms with Crippen LogP contribution in [0.5, 0.6) is 0 Å². The van der Waals surface area contributed by atoms with Gasteiger partial charge in [-0.2, -0.15) is 0 Å². The summed E-state index contributed by atoms with van der Waals surface area (Å²) in [4.78, 5) is 10.6.